The molecule has 0 amide bonds. The lowest BCUT2D eigenvalue weighted by Crippen LogP contribution is -2.06. The topological polar surface area (TPSA) is 30.0 Å². The molecule has 0 aliphatic rings. The summed E-state index contributed by atoms with van der Waals surface area (Å²) in [6.07, 6.45) is 3.34. The number of aromatic nitrogens is 1. The number of benzene rings is 1. The second-order valence-electron chi connectivity index (χ2n) is 4.67. The highest BCUT2D eigenvalue weighted by Gasteiger charge is 2.14. The Morgan fingerprint density at radius 2 is 2.17 bits per heavy atom. The molecule has 2 aromatic rings. The normalized spacial score (nSPS) is 12.6. The molecule has 1 aromatic carbocycles. The third kappa shape index (κ3) is 2.56. The monoisotopic (exact) mass is 259 g/mol. The van der Waals surface area contributed by atoms with Gasteiger partial charge in [-0.3, -0.25) is 9.78 Å². The predicted molar refractivity (Wildman–Crippen MR) is 77.4 cm³/mol. The minimum absolute atomic E-state index is 0.190. The molecule has 1 aromatic heterocycles. The molecule has 94 valence electrons. The van der Waals surface area contributed by atoms with Gasteiger partial charge in [0.2, 0.25) is 0 Å². The van der Waals surface area contributed by atoms with Crippen LogP contribution in [0.5, 0.6) is 0 Å². The van der Waals surface area contributed by atoms with Gasteiger partial charge in [0.15, 0.2) is 5.78 Å². The van der Waals surface area contributed by atoms with Gasteiger partial charge in [-0.1, -0.05) is 26.3 Å². The van der Waals surface area contributed by atoms with Crippen molar-refractivity contribution < 1.29 is 4.79 Å². The summed E-state index contributed by atoms with van der Waals surface area (Å²) in [6.45, 7) is 4.21. The first-order valence-electron chi connectivity index (χ1n) is 6.23. The number of pyridine rings is 1. The number of thiol groups is 1. The lowest BCUT2D eigenvalue weighted by Gasteiger charge is -2.10. The zero-order valence-corrected chi connectivity index (χ0v) is 11.6. The first-order chi connectivity index (χ1) is 8.63. The maximum atomic E-state index is 12.3. The van der Waals surface area contributed by atoms with Crippen molar-refractivity contribution in [1.29, 1.82) is 0 Å². The van der Waals surface area contributed by atoms with Gasteiger partial charge in [-0.15, -0.1) is 12.6 Å². The molecule has 0 bridgehead atoms. The first kappa shape index (κ1) is 13.1. The first-order valence-corrected chi connectivity index (χ1v) is 6.68. The van der Waals surface area contributed by atoms with Crippen LogP contribution in [0.1, 0.15) is 37.0 Å². The molecular weight excluding hydrogens is 242 g/mol. The standard InChI is InChI=1S/C15H17NOS/c1-3-10(2)9-13(17)11-6-7-14(18)15-12(11)5-4-8-16-15/h4-8,10,18H,3,9H2,1-2H3. The van der Waals surface area contributed by atoms with Crippen LogP contribution >= 0.6 is 12.6 Å². The molecule has 18 heavy (non-hydrogen) atoms. The van der Waals surface area contributed by atoms with Crippen molar-refractivity contribution in [3.05, 3.63) is 36.0 Å². The number of fused-ring (bicyclic) bond motifs is 1. The quantitative estimate of drug-likeness (QED) is 0.660. The van der Waals surface area contributed by atoms with E-state index >= 15 is 0 Å². The van der Waals surface area contributed by atoms with Crippen LogP contribution in [-0.4, -0.2) is 10.8 Å². The van der Waals surface area contributed by atoms with Crippen LogP contribution in [0.25, 0.3) is 10.9 Å². The van der Waals surface area contributed by atoms with Gasteiger partial charge in [-0.2, -0.15) is 0 Å². The van der Waals surface area contributed by atoms with E-state index in [-0.39, 0.29) is 5.78 Å². The molecular formula is C15H17NOS. The average molecular weight is 259 g/mol. The predicted octanol–water partition coefficient (Wildman–Crippen LogP) is 4.14. The van der Waals surface area contributed by atoms with Gasteiger partial charge in [0.05, 0.1) is 5.52 Å². The number of rotatable bonds is 4. The lowest BCUT2D eigenvalue weighted by atomic mass is 9.95. The van der Waals surface area contributed by atoms with E-state index in [1.807, 2.05) is 24.3 Å². The lowest BCUT2D eigenvalue weighted by molar-refractivity contribution is 0.0965. The Kier molecular flexibility index (Phi) is 4.02. The SMILES string of the molecule is CCC(C)CC(=O)c1ccc(S)c2ncccc12. The maximum absolute atomic E-state index is 12.3. The maximum Gasteiger partial charge on any atom is 0.163 e. The molecule has 0 saturated carbocycles. The van der Waals surface area contributed by atoms with Gasteiger partial charge in [0, 0.05) is 28.5 Å². The van der Waals surface area contributed by atoms with E-state index in [9.17, 15) is 4.79 Å². The van der Waals surface area contributed by atoms with Crippen molar-refractivity contribution in [2.75, 3.05) is 0 Å². The second kappa shape index (κ2) is 5.53. The number of Topliss-reactive ketones (excluding diaryl/α,β-unsaturated/α-hetero) is 1. The molecule has 0 aliphatic heterocycles. The van der Waals surface area contributed by atoms with Crippen LogP contribution < -0.4 is 0 Å². The molecule has 0 aliphatic carbocycles. The number of hydrogen-bond acceptors (Lipinski definition) is 3. The summed E-state index contributed by atoms with van der Waals surface area (Å²) in [6, 6.07) is 7.50. The second-order valence-corrected chi connectivity index (χ2v) is 5.15. The van der Waals surface area contributed by atoms with Crippen LogP contribution in [-0.2, 0) is 0 Å². The van der Waals surface area contributed by atoms with Gasteiger partial charge in [0.1, 0.15) is 0 Å². The Hall–Kier alpha value is -1.35. The van der Waals surface area contributed by atoms with Crippen LogP contribution in [0.2, 0.25) is 0 Å². The summed E-state index contributed by atoms with van der Waals surface area (Å²) in [7, 11) is 0. The fraction of sp³-hybridized carbons (Fsp3) is 0.333. The Morgan fingerprint density at radius 1 is 1.39 bits per heavy atom. The molecule has 0 spiro atoms. The zero-order chi connectivity index (χ0) is 13.1. The van der Waals surface area contributed by atoms with Gasteiger partial charge in [-0.05, 0) is 24.1 Å². The van der Waals surface area contributed by atoms with Gasteiger partial charge in [0.25, 0.3) is 0 Å². The van der Waals surface area contributed by atoms with Crippen molar-refractivity contribution in [1.82, 2.24) is 4.98 Å². The molecule has 2 nitrogen and oxygen atoms in total. The van der Waals surface area contributed by atoms with E-state index in [0.717, 1.165) is 27.8 Å². The fourth-order valence-corrected chi connectivity index (χ4v) is 2.22. The summed E-state index contributed by atoms with van der Waals surface area (Å²) in [4.78, 5) is 17.4. The van der Waals surface area contributed by atoms with Gasteiger partial charge in [-0.25, -0.2) is 0 Å². The molecule has 3 heteroatoms. The molecule has 0 fully saturated rings. The summed E-state index contributed by atoms with van der Waals surface area (Å²) < 4.78 is 0. The Morgan fingerprint density at radius 3 is 2.89 bits per heavy atom. The van der Waals surface area contributed by atoms with Crippen molar-refractivity contribution >= 4 is 29.3 Å². The Balaban J connectivity index is 2.45. The van der Waals surface area contributed by atoms with Crippen LogP contribution in [0.3, 0.4) is 0 Å². The van der Waals surface area contributed by atoms with Crippen molar-refractivity contribution in [2.24, 2.45) is 5.92 Å². The third-order valence-electron chi connectivity index (χ3n) is 3.28. The molecule has 1 atom stereocenters. The van der Waals surface area contributed by atoms with E-state index in [2.05, 4.69) is 31.5 Å². The van der Waals surface area contributed by atoms with E-state index < -0.39 is 0 Å². The fourth-order valence-electron chi connectivity index (χ4n) is 1.97. The number of nitrogens with zero attached hydrogens (tertiary/aromatic N) is 1. The van der Waals surface area contributed by atoms with Crippen LogP contribution in [0.4, 0.5) is 0 Å². The number of carbonyl (C=O) groups is 1. The highest BCUT2D eigenvalue weighted by molar-refractivity contribution is 7.80. The van der Waals surface area contributed by atoms with E-state index in [4.69, 9.17) is 0 Å². The molecule has 0 saturated heterocycles. The van der Waals surface area contributed by atoms with E-state index in [1.54, 1.807) is 6.20 Å². The highest BCUT2D eigenvalue weighted by atomic mass is 32.1. The van der Waals surface area contributed by atoms with E-state index in [0.29, 0.717) is 12.3 Å². The minimum atomic E-state index is 0.190. The summed E-state index contributed by atoms with van der Waals surface area (Å²) in [5.41, 5.74) is 1.56. The molecule has 1 heterocycles. The Bertz CT molecular complexity index is 580. The molecule has 0 N–H and O–H groups in total. The minimum Gasteiger partial charge on any atom is -0.294 e. The largest absolute Gasteiger partial charge is 0.294 e. The van der Waals surface area contributed by atoms with Gasteiger partial charge < -0.3 is 0 Å². The molecule has 0 radical (unpaired) electrons. The Labute approximate surface area is 113 Å². The van der Waals surface area contributed by atoms with Crippen LogP contribution in [0, 0.1) is 5.92 Å². The number of ketones is 1. The number of carbonyl (C=O) groups excluding carboxylic acids is 1. The molecule has 1 unspecified atom stereocenters. The average Bonchev–Trinajstić information content (AvgIpc) is 2.39. The van der Waals surface area contributed by atoms with Gasteiger partial charge >= 0.3 is 0 Å². The highest BCUT2D eigenvalue weighted by Crippen LogP contribution is 2.25. The van der Waals surface area contributed by atoms with E-state index in [1.165, 1.54) is 0 Å². The van der Waals surface area contributed by atoms with Crippen LogP contribution in [0.15, 0.2) is 35.4 Å². The number of hydrogen-bond donors (Lipinski definition) is 1. The zero-order valence-electron chi connectivity index (χ0n) is 10.7. The summed E-state index contributed by atoms with van der Waals surface area (Å²) >= 11 is 4.38. The van der Waals surface area contributed by atoms with Crippen molar-refractivity contribution in [2.45, 2.75) is 31.6 Å². The van der Waals surface area contributed by atoms with Crippen molar-refractivity contribution in [3.8, 4) is 0 Å². The smallest absolute Gasteiger partial charge is 0.163 e. The molecule has 2 rings (SSSR count). The third-order valence-corrected chi connectivity index (χ3v) is 3.64. The van der Waals surface area contributed by atoms with Crippen molar-refractivity contribution in [3.63, 3.8) is 0 Å². The summed E-state index contributed by atoms with van der Waals surface area (Å²) in [5.74, 6) is 0.607. The summed E-state index contributed by atoms with van der Waals surface area (Å²) in [5, 5.41) is 0.901.